The van der Waals surface area contributed by atoms with Gasteiger partial charge in [-0.05, 0) is 62.4 Å². The molecule has 40 heavy (non-hydrogen) atoms. The van der Waals surface area contributed by atoms with E-state index in [-0.39, 0.29) is 11.0 Å². The Morgan fingerprint density at radius 2 is 1.12 bits per heavy atom. The molecule has 0 N–H and O–H groups in total. The van der Waals surface area contributed by atoms with Crippen molar-refractivity contribution in [3.8, 4) is 0 Å². The molecule has 4 rings (SSSR count). The predicted molar refractivity (Wildman–Crippen MR) is 176 cm³/mol. The maximum Gasteiger partial charge on any atom is 0.489 e. The van der Waals surface area contributed by atoms with Crippen molar-refractivity contribution in [2.75, 3.05) is 6.61 Å². The van der Waals surface area contributed by atoms with Gasteiger partial charge in [0.15, 0.2) is 0 Å². The predicted octanol–water partition coefficient (Wildman–Crippen LogP) is 6.59. The van der Waals surface area contributed by atoms with Gasteiger partial charge in [-0.2, -0.15) is 0 Å². The van der Waals surface area contributed by atoms with E-state index in [4.69, 9.17) is 20.3 Å². The van der Waals surface area contributed by atoms with E-state index in [2.05, 4.69) is 152 Å². The van der Waals surface area contributed by atoms with Crippen molar-refractivity contribution >= 4 is 39.1 Å². The normalized spacial score (nSPS) is 18.0. The Kier molecular flexibility index (Phi) is 8.62. The second kappa shape index (κ2) is 11.2. The molecule has 0 unspecified atom stereocenters. The van der Waals surface area contributed by atoms with E-state index in [1.54, 1.807) is 0 Å². The molecule has 0 saturated carbocycles. The van der Waals surface area contributed by atoms with E-state index in [9.17, 15) is 0 Å². The number of benzene rings is 3. The SMILES string of the molecule is C=C(B1OC(C)(C)C(C)(C)O1)[C@H](C(C)(C)CO[Si](C)(C)c1ccccc1)[Si](C)(c1ccccc1)c1ccccc1. The van der Waals surface area contributed by atoms with Crippen molar-refractivity contribution < 1.29 is 13.7 Å². The van der Waals surface area contributed by atoms with Gasteiger partial charge < -0.3 is 13.7 Å². The molecule has 0 radical (unpaired) electrons. The van der Waals surface area contributed by atoms with Crippen molar-refractivity contribution in [3.63, 3.8) is 0 Å². The van der Waals surface area contributed by atoms with Gasteiger partial charge in [0.1, 0.15) is 8.07 Å². The van der Waals surface area contributed by atoms with E-state index in [1.807, 2.05) is 0 Å². The zero-order chi connectivity index (χ0) is 29.4. The third kappa shape index (κ3) is 5.88. The highest BCUT2D eigenvalue weighted by Crippen LogP contribution is 2.49. The third-order valence-electron chi connectivity index (χ3n) is 9.31. The lowest BCUT2D eigenvalue weighted by Crippen LogP contribution is -2.64. The molecular formula is C34H47BO3Si2. The molecule has 212 valence electrons. The van der Waals surface area contributed by atoms with Crippen LogP contribution in [0.15, 0.2) is 103 Å². The molecule has 3 aromatic rings. The highest BCUT2D eigenvalue weighted by molar-refractivity contribution is 7.03. The van der Waals surface area contributed by atoms with Crippen LogP contribution in [-0.4, -0.2) is 41.3 Å². The first-order valence-corrected chi connectivity index (χ1v) is 20.0. The second-order valence-corrected chi connectivity index (χ2v) is 21.7. The molecule has 3 nitrogen and oxygen atoms in total. The molecule has 0 aliphatic carbocycles. The standard InChI is InChI=1S/C34H47BO3Si2/c1-27(35-37-33(4,5)34(6,7)38-35)31(32(2,3)26-36-39(8,9)28-20-14-11-15-21-28)40(10,29-22-16-12-17-23-29)30-24-18-13-19-25-30/h11-25,31H,1,26H2,2-10H3/t31-/m1/s1. The summed E-state index contributed by atoms with van der Waals surface area (Å²) in [4.78, 5) is 0. The van der Waals surface area contributed by atoms with E-state index in [1.165, 1.54) is 15.6 Å². The molecule has 3 aromatic carbocycles. The monoisotopic (exact) mass is 570 g/mol. The summed E-state index contributed by atoms with van der Waals surface area (Å²) < 4.78 is 20.3. The molecule has 1 saturated heterocycles. The molecule has 1 fully saturated rings. The summed E-state index contributed by atoms with van der Waals surface area (Å²) in [6, 6.07) is 32.7. The lowest BCUT2D eigenvalue weighted by molar-refractivity contribution is 0.00578. The first-order chi connectivity index (χ1) is 18.6. The molecular weight excluding hydrogens is 523 g/mol. The van der Waals surface area contributed by atoms with Crippen LogP contribution >= 0.6 is 0 Å². The van der Waals surface area contributed by atoms with Gasteiger partial charge >= 0.3 is 7.12 Å². The third-order valence-corrected chi connectivity index (χ3v) is 17.3. The molecule has 1 aliphatic heterocycles. The summed E-state index contributed by atoms with van der Waals surface area (Å²) in [5.74, 6) is 0. The topological polar surface area (TPSA) is 27.7 Å². The van der Waals surface area contributed by atoms with Crippen molar-refractivity contribution in [1.29, 1.82) is 0 Å². The average molecular weight is 571 g/mol. The first-order valence-electron chi connectivity index (χ1n) is 14.5. The molecule has 0 amide bonds. The minimum absolute atomic E-state index is 0.0695. The lowest BCUT2D eigenvalue weighted by Gasteiger charge is -2.48. The highest BCUT2D eigenvalue weighted by Gasteiger charge is 2.58. The van der Waals surface area contributed by atoms with Crippen LogP contribution in [-0.2, 0) is 13.7 Å². The molecule has 1 aliphatic rings. The van der Waals surface area contributed by atoms with Gasteiger partial charge in [-0.25, -0.2) is 0 Å². The summed E-state index contributed by atoms with van der Waals surface area (Å²) in [7, 11) is -5.12. The summed E-state index contributed by atoms with van der Waals surface area (Å²) in [6.45, 7) is 25.6. The molecule has 1 atom stereocenters. The van der Waals surface area contributed by atoms with Crippen molar-refractivity contribution in [3.05, 3.63) is 103 Å². The lowest BCUT2D eigenvalue weighted by atomic mass is 9.70. The maximum atomic E-state index is 6.96. The minimum Gasteiger partial charge on any atom is -0.412 e. The summed E-state index contributed by atoms with van der Waals surface area (Å²) in [5, 5.41) is 4.05. The number of hydrogen-bond donors (Lipinski definition) is 0. The van der Waals surface area contributed by atoms with Gasteiger partial charge in [-0.15, -0.1) is 6.58 Å². The average Bonchev–Trinajstić information content (AvgIpc) is 3.15. The van der Waals surface area contributed by atoms with Crippen LogP contribution in [0.4, 0.5) is 0 Å². The zero-order valence-corrected chi connectivity index (χ0v) is 28.0. The van der Waals surface area contributed by atoms with Gasteiger partial charge in [0.2, 0.25) is 8.32 Å². The fraction of sp³-hybridized carbons (Fsp3) is 0.412. The molecule has 1 heterocycles. The van der Waals surface area contributed by atoms with E-state index in [0.717, 1.165) is 5.47 Å². The molecule has 0 spiro atoms. The van der Waals surface area contributed by atoms with E-state index in [0.29, 0.717) is 6.61 Å². The Bertz CT molecular complexity index is 1240. The maximum absolute atomic E-state index is 6.96. The Morgan fingerprint density at radius 3 is 1.52 bits per heavy atom. The molecule has 6 heteroatoms. The van der Waals surface area contributed by atoms with Gasteiger partial charge in [0.25, 0.3) is 0 Å². The van der Waals surface area contributed by atoms with Gasteiger partial charge in [-0.1, -0.05) is 122 Å². The smallest absolute Gasteiger partial charge is 0.412 e. The quantitative estimate of drug-likeness (QED) is 0.257. The zero-order valence-electron chi connectivity index (χ0n) is 26.0. The van der Waals surface area contributed by atoms with Crippen LogP contribution in [0, 0.1) is 5.41 Å². The van der Waals surface area contributed by atoms with Crippen LogP contribution in [0.1, 0.15) is 41.5 Å². The van der Waals surface area contributed by atoms with Crippen LogP contribution in [0.3, 0.4) is 0 Å². The van der Waals surface area contributed by atoms with Crippen LogP contribution in [0.2, 0.25) is 25.2 Å². The number of allylic oxidation sites excluding steroid dienone is 1. The fourth-order valence-corrected chi connectivity index (χ4v) is 13.4. The van der Waals surface area contributed by atoms with Crippen molar-refractivity contribution in [2.24, 2.45) is 5.41 Å². The second-order valence-electron chi connectivity index (χ2n) is 13.7. The summed E-state index contributed by atoms with van der Waals surface area (Å²) in [5.41, 5.74) is -0.0584. The first kappa shape index (κ1) is 30.7. The van der Waals surface area contributed by atoms with Crippen LogP contribution in [0.25, 0.3) is 0 Å². The Balaban J connectivity index is 1.83. The summed E-state index contributed by atoms with van der Waals surface area (Å²) >= 11 is 0. The number of hydrogen-bond acceptors (Lipinski definition) is 3. The van der Waals surface area contributed by atoms with Gasteiger partial charge in [0.05, 0.1) is 11.2 Å². The largest absolute Gasteiger partial charge is 0.489 e. The Labute approximate surface area is 245 Å². The van der Waals surface area contributed by atoms with E-state index < -0.39 is 34.7 Å². The molecule has 0 aromatic heterocycles. The van der Waals surface area contributed by atoms with Crippen LogP contribution in [0.5, 0.6) is 0 Å². The molecule has 0 bridgehead atoms. The summed E-state index contributed by atoms with van der Waals surface area (Å²) in [6.07, 6.45) is 0. The Hall–Kier alpha value is -2.22. The Morgan fingerprint density at radius 1 is 0.750 bits per heavy atom. The van der Waals surface area contributed by atoms with Gasteiger partial charge in [-0.3, -0.25) is 0 Å². The highest BCUT2D eigenvalue weighted by atomic mass is 28.4. The van der Waals surface area contributed by atoms with Crippen LogP contribution < -0.4 is 15.6 Å². The van der Waals surface area contributed by atoms with Gasteiger partial charge in [0, 0.05) is 6.61 Å². The number of rotatable bonds is 10. The van der Waals surface area contributed by atoms with Crippen molar-refractivity contribution in [1.82, 2.24) is 0 Å². The fourth-order valence-electron chi connectivity index (χ4n) is 6.23. The minimum atomic E-state index is -2.49. The van der Waals surface area contributed by atoms with Crippen molar-refractivity contribution in [2.45, 2.75) is 77.9 Å². The van der Waals surface area contributed by atoms with E-state index >= 15 is 0 Å².